The molecule has 4 aliphatic heterocycles. The van der Waals surface area contributed by atoms with E-state index in [0.29, 0.717) is 44.1 Å². The molecule has 4 saturated carbocycles. The number of rotatable bonds is 15. The summed E-state index contributed by atoms with van der Waals surface area (Å²) in [5.74, 6) is -2.94. The van der Waals surface area contributed by atoms with Crippen LogP contribution in [0.2, 0.25) is 0 Å². The Hall–Kier alpha value is -2.46. The standard InChI is InChI=1S/C58H92O26/c1-9-24(2)48(75)79-34-18-53(3,4)16-26-25-10-11-31-54(5)14-13-33(55(6,22-61)30(54)12-15-56(31,7)57(25,8)17-32(64)58(26,34)23-62)80-52-46(84-50-41(71)39(69)37(67)29(20-60)78-50)43(42(72)44(82-52)47(73)74)81-51-45(35(65)27(63)21-76-51)83-49-40(70)38(68)36(66)28(19-59)77-49/h9-10,26-46,49-52,59-72H,11-23H2,1-8H3,(H,73,74)/b24-9+/t26-,27-,28+,29+,30+,31+,32+,33-,34-,35-,36+,37-,38-,39-,40-,41+,42-,43-,44-,45+,46+,49-,50-,51-,52+,54-,55-,56+,57+,58-/m0/s1. The first-order valence-corrected chi connectivity index (χ1v) is 29.6. The molecule has 9 rings (SSSR count). The quantitative estimate of drug-likeness (QED) is 0.0352. The minimum atomic E-state index is -2.28. The Morgan fingerprint density at radius 3 is 1.79 bits per heavy atom. The Labute approximate surface area is 487 Å². The van der Waals surface area contributed by atoms with Crippen LogP contribution in [0.4, 0.5) is 0 Å². The van der Waals surface area contributed by atoms with Crippen LogP contribution in [-0.4, -0.2) is 257 Å². The summed E-state index contributed by atoms with van der Waals surface area (Å²) in [7, 11) is 0. The van der Waals surface area contributed by atoms with Gasteiger partial charge in [0.25, 0.3) is 0 Å². The number of aliphatic hydroxyl groups excluding tert-OH is 14. The van der Waals surface area contributed by atoms with E-state index in [1.54, 1.807) is 19.9 Å². The number of carboxylic acids is 1. The van der Waals surface area contributed by atoms with Gasteiger partial charge in [0.05, 0.1) is 50.7 Å². The largest absolute Gasteiger partial charge is 0.479 e. The summed E-state index contributed by atoms with van der Waals surface area (Å²) < 4.78 is 54.8. The second kappa shape index (κ2) is 24.4. The monoisotopic (exact) mass is 1200 g/mol. The number of hydrogen-bond acceptors (Lipinski definition) is 25. The highest BCUT2D eigenvalue weighted by atomic mass is 16.8. The predicted molar refractivity (Wildman–Crippen MR) is 285 cm³/mol. The lowest BCUT2D eigenvalue weighted by molar-refractivity contribution is -0.401. The van der Waals surface area contributed by atoms with Crippen molar-refractivity contribution in [2.75, 3.05) is 33.0 Å². The molecule has 4 heterocycles. The van der Waals surface area contributed by atoms with Crippen molar-refractivity contribution >= 4 is 11.9 Å². The van der Waals surface area contributed by atoms with Crippen LogP contribution in [0.15, 0.2) is 23.3 Å². The van der Waals surface area contributed by atoms with Crippen molar-refractivity contribution in [1.29, 1.82) is 0 Å². The van der Waals surface area contributed by atoms with Gasteiger partial charge >= 0.3 is 11.9 Å². The molecule has 0 bridgehead atoms. The van der Waals surface area contributed by atoms with Crippen LogP contribution in [0.3, 0.4) is 0 Å². The Balaban J connectivity index is 1.05. The molecular weight excluding hydrogens is 1110 g/mol. The minimum Gasteiger partial charge on any atom is -0.479 e. The molecule has 480 valence electrons. The Morgan fingerprint density at radius 1 is 0.631 bits per heavy atom. The molecule has 15 N–H and O–H groups in total. The molecule has 0 aromatic carbocycles. The van der Waals surface area contributed by atoms with Gasteiger partial charge < -0.3 is 119 Å². The topological polar surface area (TPSA) is 421 Å². The molecule has 8 fully saturated rings. The van der Waals surface area contributed by atoms with Crippen LogP contribution in [0.1, 0.15) is 107 Å². The molecule has 84 heavy (non-hydrogen) atoms. The molecule has 26 nitrogen and oxygen atoms in total. The van der Waals surface area contributed by atoms with Gasteiger partial charge in [0.15, 0.2) is 31.3 Å². The fourth-order valence-electron chi connectivity index (χ4n) is 17.1. The van der Waals surface area contributed by atoms with Gasteiger partial charge in [-0.2, -0.15) is 0 Å². The van der Waals surface area contributed by atoms with E-state index in [1.165, 1.54) is 0 Å². The van der Waals surface area contributed by atoms with E-state index in [2.05, 4.69) is 40.7 Å². The zero-order valence-electron chi connectivity index (χ0n) is 49.0. The van der Waals surface area contributed by atoms with Gasteiger partial charge in [-0.05, 0) is 105 Å². The summed E-state index contributed by atoms with van der Waals surface area (Å²) in [4.78, 5) is 26.6. The third kappa shape index (κ3) is 10.8. The highest BCUT2D eigenvalue weighted by molar-refractivity contribution is 5.87. The lowest BCUT2D eigenvalue weighted by atomic mass is 9.33. The van der Waals surface area contributed by atoms with Crippen LogP contribution in [0.25, 0.3) is 0 Å². The van der Waals surface area contributed by atoms with Crippen molar-refractivity contribution in [1.82, 2.24) is 0 Å². The second-order valence-electron chi connectivity index (χ2n) is 27.3. The van der Waals surface area contributed by atoms with Crippen LogP contribution < -0.4 is 0 Å². The summed E-state index contributed by atoms with van der Waals surface area (Å²) >= 11 is 0. The van der Waals surface area contributed by atoms with E-state index >= 15 is 0 Å². The first-order chi connectivity index (χ1) is 39.4. The van der Waals surface area contributed by atoms with Gasteiger partial charge in [0, 0.05) is 11.0 Å². The summed E-state index contributed by atoms with van der Waals surface area (Å²) in [5.41, 5.74) is -2.72. The number of ether oxygens (including phenoxy) is 9. The number of carbonyl (C=O) groups excluding carboxylic acids is 1. The molecular formula is C58H92O26. The van der Waals surface area contributed by atoms with Crippen LogP contribution in [-0.2, 0) is 52.2 Å². The predicted octanol–water partition coefficient (Wildman–Crippen LogP) is -2.40. The molecule has 5 aliphatic carbocycles. The molecule has 0 aromatic heterocycles. The number of hydrogen-bond donors (Lipinski definition) is 15. The SMILES string of the molecule is C/C=C(\C)C(=O)O[C@H]1CC(C)(C)C[C@H]2C3=CC[C@@H]4[C@@]5(C)CC[C@H](O[C@@H]6O[C@H](C(=O)O)[C@@H](O)[C@H](O[C@@H]7OC[C@H](O)[C@H](O)[C@H]7O[C@@H]7O[C@H](CO)[C@@H](O)[C@H](O)[C@@H]7O)[C@H]6O[C@@H]6O[C@H](CO)[C@H](O)[C@H](O)[C@H]6O)[C@@](C)(CO)[C@@H]5CC[C@@]4(C)[C@]3(C)C[C@@H](O)[C@@]12CO. The smallest absolute Gasteiger partial charge is 0.335 e. The first-order valence-electron chi connectivity index (χ1n) is 29.6. The van der Waals surface area contributed by atoms with Crippen molar-refractivity contribution in [3.05, 3.63) is 23.3 Å². The third-order valence-corrected chi connectivity index (χ3v) is 22.3. The Kier molecular flexibility index (Phi) is 19.2. The van der Waals surface area contributed by atoms with Crippen LogP contribution in [0.5, 0.6) is 0 Å². The van der Waals surface area contributed by atoms with Crippen molar-refractivity contribution < 1.29 is 129 Å². The number of fused-ring (bicyclic) bond motifs is 7. The number of aliphatic hydroxyl groups is 14. The van der Waals surface area contributed by atoms with Gasteiger partial charge in [0.1, 0.15) is 91.6 Å². The average molecular weight is 1210 g/mol. The van der Waals surface area contributed by atoms with Crippen molar-refractivity contribution in [2.45, 2.75) is 242 Å². The first kappa shape index (κ1) is 66.0. The number of carbonyl (C=O) groups is 2. The maximum Gasteiger partial charge on any atom is 0.335 e. The van der Waals surface area contributed by atoms with Gasteiger partial charge in [-0.15, -0.1) is 0 Å². The zero-order valence-corrected chi connectivity index (χ0v) is 49.0. The number of carboxylic acid groups (broad SMARTS) is 1. The molecule has 4 saturated heterocycles. The molecule has 9 aliphatic rings. The molecule has 26 heteroatoms. The van der Waals surface area contributed by atoms with E-state index in [9.17, 15) is 86.2 Å². The number of allylic oxidation sites excluding steroid dienone is 3. The molecule has 0 radical (unpaired) electrons. The molecule has 0 aromatic rings. The maximum absolute atomic E-state index is 13.4. The van der Waals surface area contributed by atoms with Crippen molar-refractivity contribution in [3.8, 4) is 0 Å². The summed E-state index contributed by atoms with van der Waals surface area (Å²) in [6.07, 6.45) is -32.0. The van der Waals surface area contributed by atoms with E-state index in [1.807, 2.05) is 6.92 Å². The van der Waals surface area contributed by atoms with E-state index in [4.69, 9.17) is 42.6 Å². The fraction of sp³-hybridized carbons (Fsp3) is 0.897. The maximum atomic E-state index is 13.4. The van der Waals surface area contributed by atoms with Crippen molar-refractivity contribution in [2.24, 2.45) is 50.2 Å². The summed E-state index contributed by atoms with van der Waals surface area (Å²) in [5, 5.41) is 166. The summed E-state index contributed by atoms with van der Waals surface area (Å²) in [6.45, 7) is 12.9. The van der Waals surface area contributed by atoms with Crippen LogP contribution in [0, 0.1) is 50.2 Å². The molecule has 0 unspecified atom stereocenters. The molecule has 30 atom stereocenters. The Morgan fingerprint density at radius 2 is 1.23 bits per heavy atom. The minimum absolute atomic E-state index is 0.0549. The lowest BCUT2D eigenvalue weighted by Gasteiger charge is -2.72. The highest BCUT2D eigenvalue weighted by Crippen LogP contribution is 2.76. The highest BCUT2D eigenvalue weighted by Gasteiger charge is 2.73. The van der Waals surface area contributed by atoms with E-state index < -0.39 is 207 Å². The van der Waals surface area contributed by atoms with E-state index in [-0.39, 0.29) is 36.0 Å². The number of esters is 1. The van der Waals surface area contributed by atoms with Gasteiger partial charge in [-0.3, -0.25) is 0 Å². The third-order valence-electron chi connectivity index (χ3n) is 22.3. The zero-order chi connectivity index (χ0) is 61.7. The van der Waals surface area contributed by atoms with E-state index in [0.717, 1.165) is 5.57 Å². The van der Waals surface area contributed by atoms with Gasteiger partial charge in [0.2, 0.25) is 0 Å². The second-order valence-corrected chi connectivity index (χ2v) is 27.3. The van der Waals surface area contributed by atoms with Gasteiger partial charge in [-0.1, -0.05) is 59.3 Å². The van der Waals surface area contributed by atoms with Crippen molar-refractivity contribution in [3.63, 3.8) is 0 Å². The lowest BCUT2D eigenvalue weighted by Crippen LogP contribution is -2.70. The normalized spacial score (nSPS) is 52.2. The summed E-state index contributed by atoms with van der Waals surface area (Å²) in [6, 6.07) is 0. The number of aliphatic carboxylic acids is 1. The molecule has 0 amide bonds. The molecule has 0 spiro atoms. The average Bonchev–Trinajstić information content (AvgIpc) is 0.764. The Bertz CT molecular complexity index is 2410. The van der Waals surface area contributed by atoms with Crippen LogP contribution >= 0.6 is 0 Å². The van der Waals surface area contributed by atoms with Gasteiger partial charge in [-0.25, -0.2) is 9.59 Å². The fourth-order valence-corrected chi connectivity index (χ4v) is 17.1.